The summed E-state index contributed by atoms with van der Waals surface area (Å²) in [5, 5.41) is 5.76. The number of nitrogens with one attached hydrogen (secondary N) is 2. The molecule has 0 spiro atoms. The molecule has 1 saturated heterocycles. The van der Waals surface area contributed by atoms with Gasteiger partial charge in [-0.1, -0.05) is 6.07 Å². The number of carbonyl (C=O) groups is 1. The standard InChI is InChI=1S/C27H36F3N7O3/c28-27(29,30)40-23-15-22(37-12-9-24(34-26(37)39)33-25(38)35-13-10-32-11-14-35)6-3-19(23)17-36(16-18-1-2-18)21-7-4-20(31)5-8-21/h3,6,9,12,15,18,20-21,32H,1-2,4-5,7-8,10-11,13-14,16-17,31H2,(H,33,34,38,39)/t20-,21-. The topological polar surface area (TPSA) is 118 Å². The van der Waals surface area contributed by atoms with Crippen LogP contribution in [0.1, 0.15) is 44.1 Å². The summed E-state index contributed by atoms with van der Waals surface area (Å²) in [7, 11) is 0. The first kappa shape index (κ1) is 28.4. The number of alkyl halides is 3. The molecule has 0 radical (unpaired) electrons. The summed E-state index contributed by atoms with van der Waals surface area (Å²) in [5.74, 6) is 0.287. The molecule has 2 aliphatic carbocycles. The lowest BCUT2D eigenvalue weighted by Gasteiger charge is -2.36. The number of nitrogens with zero attached hydrogens (tertiary/aromatic N) is 4. The van der Waals surface area contributed by atoms with E-state index in [0.717, 1.165) is 49.6 Å². The lowest BCUT2D eigenvalue weighted by atomic mass is 9.90. The molecule has 1 aromatic carbocycles. The molecule has 3 aliphatic rings. The highest BCUT2D eigenvalue weighted by Crippen LogP contribution is 2.35. The largest absolute Gasteiger partial charge is 0.573 e. The van der Waals surface area contributed by atoms with Crippen molar-refractivity contribution in [3.8, 4) is 11.4 Å². The van der Waals surface area contributed by atoms with Crippen LogP contribution in [0.3, 0.4) is 0 Å². The number of hydrogen-bond donors (Lipinski definition) is 3. The highest BCUT2D eigenvalue weighted by atomic mass is 19.4. The molecule has 40 heavy (non-hydrogen) atoms. The summed E-state index contributed by atoms with van der Waals surface area (Å²) in [6, 6.07) is 5.89. The van der Waals surface area contributed by atoms with E-state index >= 15 is 0 Å². The smallest absolute Gasteiger partial charge is 0.405 e. The zero-order valence-corrected chi connectivity index (χ0v) is 22.3. The molecular formula is C27H36F3N7O3. The minimum Gasteiger partial charge on any atom is -0.405 e. The Morgan fingerprint density at radius 3 is 2.50 bits per heavy atom. The van der Waals surface area contributed by atoms with E-state index in [9.17, 15) is 22.8 Å². The highest BCUT2D eigenvalue weighted by Gasteiger charge is 2.34. The number of anilines is 1. The quantitative estimate of drug-likeness (QED) is 0.452. The van der Waals surface area contributed by atoms with Crippen molar-refractivity contribution in [2.75, 3.05) is 38.0 Å². The summed E-state index contributed by atoms with van der Waals surface area (Å²) in [6.07, 6.45) is 2.38. The van der Waals surface area contributed by atoms with E-state index in [4.69, 9.17) is 5.73 Å². The van der Waals surface area contributed by atoms with Gasteiger partial charge in [0.1, 0.15) is 11.6 Å². The fraction of sp³-hybridized carbons (Fsp3) is 0.593. The van der Waals surface area contributed by atoms with Crippen LogP contribution in [0.15, 0.2) is 35.3 Å². The summed E-state index contributed by atoms with van der Waals surface area (Å²) in [6.45, 7) is 3.55. The SMILES string of the molecule is N[C@H]1CC[C@H](N(Cc2ccc(-n3ccc(NC(=O)N4CCNCC4)nc3=O)cc2OC(F)(F)F)CC2CC2)CC1. The molecule has 0 unspecified atom stereocenters. The lowest BCUT2D eigenvalue weighted by molar-refractivity contribution is -0.275. The van der Waals surface area contributed by atoms with Crippen molar-refractivity contribution < 1.29 is 22.7 Å². The third-order valence-electron chi connectivity index (χ3n) is 7.82. The molecule has 3 fully saturated rings. The van der Waals surface area contributed by atoms with Gasteiger partial charge < -0.3 is 20.7 Å². The maximum Gasteiger partial charge on any atom is 0.573 e. The van der Waals surface area contributed by atoms with Crippen molar-refractivity contribution in [1.29, 1.82) is 0 Å². The molecule has 1 aliphatic heterocycles. The molecule has 0 atom stereocenters. The van der Waals surface area contributed by atoms with Crippen molar-refractivity contribution in [1.82, 2.24) is 24.7 Å². The van der Waals surface area contributed by atoms with E-state index in [1.807, 2.05) is 0 Å². The first-order chi connectivity index (χ1) is 19.1. The Morgan fingerprint density at radius 1 is 1.12 bits per heavy atom. The van der Waals surface area contributed by atoms with Crippen LogP contribution in [-0.2, 0) is 6.54 Å². The molecule has 1 aromatic heterocycles. The van der Waals surface area contributed by atoms with Crippen LogP contribution < -0.4 is 26.8 Å². The van der Waals surface area contributed by atoms with Crippen LogP contribution in [0, 0.1) is 5.92 Å². The summed E-state index contributed by atoms with van der Waals surface area (Å²) < 4.78 is 45.9. The molecule has 2 heterocycles. The van der Waals surface area contributed by atoms with Gasteiger partial charge in [-0.25, -0.2) is 9.59 Å². The molecule has 2 aromatic rings. The van der Waals surface area contributed by atoms with E-state index in [-0.39, 0.29) is 35.4 Å². The van der Waals surface area contributed by atoms with Gasteiger partial charge in [0.05, 0.1) is 5.69 Å². The number of carbonyl (C=O) groups excluding carboxylic acids is 1. The molecule has 2 amide bonds. The fourth-order valence-electron chi connectivity index (χ4n) is 5.43. The van der Waals surface area contributed by atoms with Crippen LogP contribution in [0.25, 0.3) is 5.69 Å². The number of hydrogen-bond acceptors (Lipinski definition) is 7. The molecule has 2 saturated carbocycles. The van der Waals surface area contributed by atoms with E-state index in [0.29, 0.717) is 44.2 Å². The summed E-state index contributed by atoms with van der Waals surface area (Å²) in [4.78, 5) is 33.1. The fourth-order valence-corrected chi connectivity index (χ4v) is 5.43. The summed E-state index contributed by atoms with van der Waals surface area (Å²) >= 11 is 0. The van der Waals surface area contributed by atoms with E-state index in [2.05, 4.69) is 25.3 Å². The summed E-state index contributed by atoms with van der Waals surface area (Å²) in [5.41, 5.74) is 5.93. The van der Waals surface area contributed by atoms with Gasteiger partial charge in [0, 0.05) is 69.2 Å². The number of aromatic nitrogens is 2. The number of urea groups is 1. The number of halogens is 3. The van der Waals surface area contributed by atoms with Crippen LogP contribution in [-0.4, -0.2) is 76.6 Å². The van der Waals surface area contributed by atoms with Gasteiger partial charge >= 0.3 is 18.1 Å². The predicted octanol–water partition coefficient (Wildman–Crippen LogP) is 3.05. The first-order valence-corrected chi connectivity index (χ1v) is 13.9. The van der Waals surface area contributed by atoms with Gasteiger partial charge in [0.25, 0.3) is 0 Å². The van der Waals surface area contributed by atoms with Gasteiger partial charge in [-0.3, -0.25) is 14.8 Å². The first-order valence-electron chi connectivity index (χ1n) is 13.9. The number of ether oxygens (including phenoxy) is 1. The van der Waals surface area contributed by atoms with Crippen molar-refractivity contribution >= 4 is 11.8 Å². The highest BCUT2D eigenvalue weighted by molar-refractivity contribution is 5.88. The Bertz CT molecular complexity index is 1240. The number of benzene rings is 1. The monoisotopic (exact) mass is 563 g/mol. The second-order valence-corrected chi connectivity index (χ2v) is 10.9. The van der Waals surface area contributed by atoms with E-state index < -0.39 is 12.1 Å². The molecular weight excluding hydrogens is 527 g/mol. The second kappa shape index (κ2) is 12.1. The maximum atomic E-state index is 13.4. The normalized spacial score (nSPS) is 21.9. The number of piperazine rings is 1. The average Bonchev–Trinajstić information content (AvgIpc) is 3.74. The van der Waals surface area contributed by atoms with Gasteiger partial charge in [-0.15, -0.1) is 13.2 Å². The molecule has 0 bridgehead atoms. The van der Waals surface area contributed by atoms with Crippen molar-refractivity contribution in [2.45, 2.75) is 63.5 Å². The Balaban J connectivity index is 1.36. The minimum absolute atomic E-state index is 0.0658. The Kier molecular flexibility index (Phi) is 8.62. The molecule has 10 nitrogen and oxygen atoms in total. The van der Waals surface area contributed by atoms with Crippen molar-refractivity contribution in [3.05, 3.63) is 46.5 Å². The molecule has 13 heteroatoms. The number of rotatable bonds is 8. The molecule has 218 valence electrons. The van der Waals surface area contributed by atoms with Gasteiger partial charge in [0.2, 0.25) is 0 Å². The predicted molar refractivity (Wildman–Crippen MR) is 143 cm³/mol. The maximum absolute atomic E-state index is 13.4. The lowest BCUT2D eigenvalue weighted by Crippen LogP contribution is -2.48. The Labute approximate surface area is 230 Å². The van der Waals surface area contributed by atoms with Crippen LogP contribution in [0.5, 0.6) is 5.75 Å². The minimum atomic E-state index is -4.90. The Hall–Kier alpha value is -3.16. The molecule has 4 N–H and O–H groups in total. The zero-order chi connectivity index (χ0) is 28.3. The zero-order valence-electron chi connectivity index (χ0n) is 22.3. The Morgan fingerprint density at radius 2 is 1.85 bits per heavy atom. The van der Waals surface area contributed by atoms with Gasteiger partial charge in [-0.2, -0.15) is 4.98 Å². The van der Waals surface area contributed by atoms with Crippen molar-refractivity contribution in [3.63, 3.8) is 0 Å². The van der Waals surface area contributed by atoms with Crippen LogP contribution in [0.2, 0.25) is 0 Å². The average molecular weight is 564 g/mol. The number of nitrogens with two attached hydrogens (primary N) is 1. The van der Waals surface area contributed by atoms with Crippen molar-refractivity contribution in [2.24, 2.45) is 11.7 Å². The molecule has 5 rings (SSSR count). The van der Waals surface area contributed by atoms with E-state index in [1.165, 1.54) is 18.3 Å². The van der Waals surface area contributed by atoms with Crippen LogP contribution >= 0.6 is 0 Å². The number of amides is 2. The second-order valence-electron chi connectivity index (χ2n) is 10.9. The van der Waals surface area contributed by atoms with E-state index in [1.54, 1.807) is 17.0 Å². The van der Waals surface area contributed by atoms with Gasteiger partial charge in [0.15, 0.2) is 0 Å². The third-order valence-corrected chi connectivity index (χ3v) is 7.82. The van der Waals surface area contributed by atoms with Gasteiger partial charge in [-0.05, 0) is 56.6 Å². The third kappa shape index (κ3) is 7.52. The van der Waals surface area contributed by atoms with Crippen LogP contribution in [0.4, 0.5) is 23.8 Å².